The van der Waals surface area contributed by atoms with Crippen molar-refractivity contribution < 1.29 is 4.39 Å². The van der Waals surface area contributed by atoms with Gasteiger partial charge in [-0.1, -0.05) is 46.3 Å². The molecule has 0 fully saturated rings. The molecular formula is C17H19BrFN. The molecule has 0 amide bonds. The zero-order valence-corrected chi connectivity index (χ0v) is 13.5. The van der Waals surface area contributed by atoms with Crippen molar-refractivity contribution in [1.82, 2.24) is 5.32 Å². The number of halogens is 2. The van der Waals surface area contributed by atoms with E-state index in [0.29, 0.717) is 5.56 Å². The lowest BCUT2D eigenvalue weighted by atomic mass is 10.0. The molecule has 0 aromatic heterocycles. The highest BCUT2D eigenvalue weighted by Crippen LogP contribution is 2.26. The SMILES string of the molecule is Cc1ccc(C(C)N[C@H](C)c2ccccc2Br)cc1F. The molecule has 0 aliphatic heterocycles. The Bertz CT molecular complexity index is 597. The van der Waals surface area contributed by atoms with Crippen LogP contribution in [0.2, 0.25) is 0 Å². The van der Waals surface area contributed by atoms with Crippen molar-refractivity contribution in [3.8, 4) is 0 Å². The van der Waals surface area contributed by atoms with Crippen molar-refractivity contribution in [2.75, 3.05) is 0 Å². The van der Waals surface area contributed by atoms with Gasteiger partial charge < -0.3 is 5.32 Å². The Balaban J connectivity index is 2.13. The summed E-state index contributed by atoms with van der Waals surface area (Å²) < 4.78 is 14.7. The minimum atomic E-state index is -0.148. The Kier molecular flexibility index (Phi) is 4.95. The third-order valence-electron chi connectivity index (χ3n) is 3.57. The van der Waals surface area contributed by atoms with Crippen LogP contribution in [0.1, 0.15) is 42.6 Å². The van der Waals surface area contributed by atoms with Crippen LogP contribution in [0.15, 0.2) is 46.9 Å². The number of hydrogen-bond acceptors (Lipinski definition) is 1. The summed E-state index contributed by atoms with van der Waals surface area (Å²) in [4.78, 5) is 0. The Labute approximate surface area is 128 Å². The molecule has 20 heavy (non-hydrogen) atoms. The Hall–Kier alpha value is -1.19. The molecule has 1 N–H and O–H groups in total. The highest BCUT2D eigenvalue weighted by Gasteiger charge is 2.14. The van der Waals surface area contributed by atoms with Gasteiger partial charge in [-0.2, -0.15) is 0 Å². The van der Waals surface area contributed by atoms with E-state index in [1.165, 1.54) is 5.56 Å². The van der Waals surface area contributed by atoms with Crippen molar-refractivity contribution in [2.24, 2.45) is 0 Å². The molecule has 0 spiro atoms. The third kappa shape index (κ3) is 3.47. The van der Waals surface area contributed by atoms with Crippen LogP contribution in [0.25, 0.3) is 0 Å². The predicted molar refractivity (Wildman–Crippen MR) is 85.2 cm³/mol. The van der Waals surface area contributed by atoms with Crippen molar-refractivity contribution in [2.45, 2.75) is 32.9 Å². The maximum atomic E-state index is 13.6. The van der Waals surface area contributed by atoms with Crippen molar-refractivity contribution in [3.05, 3.63) is 69.4 Å². The van der Waals surface area contributed by atoms with Gasteiger partial charge in [0.2, 0.25) is 0 Å². The van der Waals surface area contributed by atoms with E-state index in [2.05, 4.69) is 41.2 Å². The largest absolute Gasteiger partial charge is 0.304 e. The minimum absolute atomic E-state index is 0.0900. The molecule has 0 saturated heterocycles. The van der Waals surface area contributed by atoms with E-state index in [0.717, 1.165) is 10.0 Å². The van der Waals surface area contributed by atoms with Gasteiger partial charge in [-0.25, -0.2) is 4.39 Å². The zero-order valence-electron chi connectivity index (χ0n) is 12.0. The average Bonchev–Trinajstić information content (AvgIpc) is 2.42. The molecule has 0 saturated carbocycles. The number of aryl methyl sites for hydroxylation is 1. The lowest BCUT2D eigenvalue weighted by Gasteiger charge is -2.22. The number of benzene rings is 2. The molecular weight excluding hydrogens is 317 g/mol. The van der Waals surface area contributed by atoms with Crippen molar-refractivity contribution in [3.63, 3.8) is 0 Å². The Morgan fingerprint density at radius 3 is 2.40 bits per heavy atom. The first-order chi connectivity index (χ1) is 9.49. The minimum Gasteiger partial charge on any atom is -0.304 e. The molecule has 2 aromatic rings. The molecule has 0 aliphatic rings. The van der Waals surface area contributed by atoms with Crippen molar-refractivity contribution in [1.29, 1.82) is 0 Å². The van der Waals surface area contributed by atoms with E-state index in [1.54, 1.807) is 13.0 Å². The van der Waals surface area contributed by atoms with Gasteiger partial charge in [-0.15, -0.1) is 0 Å². The molecule has 0 radical (unpaired) electrons. The van der Waals surface area contributed by atoms with Gasteiger partial charge in [0.15, 0.2) is 0 Å². The van der Waals surface area contributed by atoms with Gasteiger partial charge in [0.25, 0.3) is 0 Å². The van der Waals surface area contributed by atoms with Crippen LogP contribution in [0.5, 0.6) is 0 Å². The predicted octanol–water partition coefficient (Wildman–Crippen LogP) is 5.31. The van der Waals surface area contributed by atoms with E-state index in [4.69, 9.17) is 0 Å². The maximum absolute atomic E-state index is 13.6. The van der Waals surface area contributed by atoms with E-state index < -0.39 is 0 Å². The highest BCUT2D eigenvalue weighted by molar-refractivity contribution is 9.10. The summed E-state index contributed by atoms with van der Waals surface area (Å²) in [6, 6.07) is 13.8. The summed E-state index contributed by atoms with van der Waals surface area (Å²) in [7, 11) is 0. The van der Waals surface area contributed by atoms with Gasteiger partial charge in [0.05, 0.1) is 0 Å². The quantitative estimate of drug-likeness (QED) is 0.798. The lowest BCUT2D eigenvalue weighted by molar-refractivity contribution is 0.490. The van der Waals surface area contributed by atoms with Crippen LogP contribution < -0.4 is 5.32 Å². The fourth-order valence-corrected chi connectivity index (χ4v) is 2.89. The molecule has 1 nitrogen and oxygen atoms in total. The first-order valence-electron chi connectivity index (χ1n) is 6.75. The molecule has 0 heterocycles. The first kappa shape index (κ1) is 15.2. The van der Waals surface area contributed by atoms with Gasteiger partial charge in [0, 0.05) is 16.6 Å². The molecule has 0 aliphatic carbocycles. The lowest BCUT2D eigenvalue weighted by Crippen LogP contribution is -2.22. The molecule has 2 rings (SSSR count). The third-order valence-corrected chi connectivity index (χ3v) is 4.29. The van der Waals surface area contributed by atoms with Crippen LogP contribution in [0.3, 0.4) is 0 Å². The molecule has 1 unspecified atom stereocenters. The fourth-order valence-electron chi connectivity index (χ4n) is 2.27. The van der Waals surface area contributed by atoms with E-state index in [-0.39, 0.29) is 17.9 Å². The van der Waals surface area contributed by atoms with Crippen LogP contribution >= 0.6 is 15.9 Å². The highest BCUT2D eigenvalue weighted by atomic mass is 79.9. The normalized spacial score (nSPS) is 14.1. The summed E-state index contributed by atoms with van der Waals surface area (Å²) in [5.74, 6) is -0.148. The Morgan fingerprint density at radius 2 is 1.75 bits per heavy atom. The van der Waals surface area contributed by atoms with Crippen LogP contribution in [-0.4, -0.2) is 0 Å². The van der Waals surface area contributed by atoms with Crippen LogP contribution in [-0.2, 0) is 0 Å². The fraction of sp³-hybridized carbons (Fsp3) is 0.294. The topological polar surface area (TPSA) is 12.0 Å². The van der Waals surface area contributed by atoms with Gasteiger partial charge >= 0.3 is 0 Å². The van der Waals surface area contributed by atoms with E-state index in [1.807, 2.05) is 30.3 Å². The summed E-state index contributed by atoms with van der Waals surface area (Å²) >= 11 is 3.56. The molecule has 106 valence electrons. The number of nitrogens with one attached hydrogen (secondary N) is 1. The van der Waals surface area contributed by atoms with Gasteiger partial charge in [-0.3, -0.25) is 0 Å². The second-order valence-corrected chi connectivity index (χ2v) is 5.99. The van der Waals surface area contributed by atoms with Crippen molar-refractivity contribution >= 4 is 15.9 Å². The summed E-state index contributed by atoms with van der Waals surface area (Å²) in [6.07, 6.45) is 0. The number of hydrogen-bond donors (Lipinski definition) is 1. The molecule has 0 bridgehead atoms. The smallest absolute Gasteiger partial charge is 0.126 e. The summed E-state index contributed by atoms with van der Waals surface area (Å²) in [5, 5.41) is 3.50. The maximum Gasteiger partial charge on any atom is 0.126 e. The zero-order chi connectivity index (χ0) is 14.7. The summed E-state index contributed by atoms with van der Waals surface area (Å²) in [5.41, 5.74) is 2.85. The average molecular weight is 336 g/mol. The van der Waals surface area contributed by atoms with E-state index >= 15 is 0 Å². The second kappa shape index (κ2) is 6.51. The molecule has 3 heteroatoms. The standard InChI is InChI=1S/C17H19BrFN/c1-11-8-9-14(10-17(11)19)12(2)20-13(3)15-6-4-5-7-16(15)18/h4-10,12-13,20H,1-3H3/t12?,13-/m1/s1. The Morgan fingerprint density at radius 1 is 1.05 bits per heavy atom. The van der Waals surface area contributed by atoms with Gasteiger partial charge in [0.1, 0.15) is 5.82 Å². The molecule has 2 aromatic carbocycles. The summed E-state index contributed by atoms with van der Waals surface area (Å²) in [6.45, 7) is 5.94. The second-order valence-electron chi connectivity index (χ2n) is 5.14. The number of rotatable bonds is 4. The van der Waals surface area contributed by atoms with Crippen LogP contribution in [0, 0.1) is 12.7 Å². The van der Waals surface area contributed by atoms with Crippen LogP contribution in [0.4, 0.5) is 4.39 Å². The van der Waals surface area contributed by atoms with Gasteiger partial charge in [-0.05, 0) is 49.6 Å². The van der Waals surface area contributed by atoms with E-state index in [9.17, 15) is 4.39 Å². The molecule has 2 atom stereocenters. The monoisotopic (exact) mass is 335 g/mol. The first-order valence-corrected chi connectivity index (χ1v) is 7.55.